The molecule has 0 unspecified atom stereocenters. The quantitative estimate of drug-likeness (QED) is 0.812. The van der Waals surface area contributed by atoms with Crippen molar-refractivity contribution in [2.45, 2.75) is 19.3 Å². The number of phenolic OH excluding ortho intramolecular Hbond substituents is 1. The topological polar surface area (TPSA) is 87.2 Å². The van der Waals surface area contributed by atoms with Crippen LogP contribution in [0.2, 0.25) is 0 Å². The average Bonchev–Trinajstić information content (AvgIpc) is 2.91. The second-order valence-electron chi connectivity index (χ2n) is 6.11. The molecule has 7 nitrogen and oxygen atoms in total. The van der Waals surface area contributed by atoms with Gasteiger partial charge in [-0.3, -0.25) is 19.3 Å². The first kappa shape index (κ1) is 18.3. The number of benzene rings is 1. The molecule has 2 heterocycles. The Labute approximate surface area is 155 Å². The summed E-state index contributed by atoms with van der Waals surface area (Å²) < 4.78 is 5.04. The van der Waals surface area contributed by atoms with Crippen molar-refractivity contribution >= 4 is 34.9 Å². The van der Waals surface area contributed by atoms with Crippen LogP contribution in [-0.4, -0.2) is 58.7 Å². The highest BCUT2D eigenvalue weighted by molar-refractivity contribution is 8.18. The van der Waals surface area contributed by atoms with Crippen molar-refractivity contribution in [1.82, 2.24) is 9.80 Å². The molecule has 2 aliphatic rings. The zero-order valence-electron chi connectivity index (χ0n) is 14.4. The van der Waals surface area contributed by atoms with Crippen LogP contribution in [0.3, 0.4) is 0 Å². The monoisotopic (exact) mass is 376 g/mol. The number of carbonyl (C=O) groups excluding carboxylic acids is 3. The van der Waals surface area contributed by atoms with Crippen LogP contribution in [0.5, 0.6) is 11.5 Å². The molecule has 0 atom stereocenters. The zero-order chi connectivity index (χ0) is 18.7. The predicted molar refractivity (Wildman–Crippen MR) is 97.8 cm³/mol. The SMILES string of the molecule is COc1cccc(/C=C2\SC(=O)N(CC(=O)N3CCCCC3)C2=O)c1O. The summed E-state index contributed by atoms with van der Waals surface area (Å²) in [6.45, 7) is 1.09. The Morgan fingerprint density at radius 3 is 2.69 bits per heavy atom. The molecule has 1 aromatic rings. The molecule has 0 spiro atoms. The van der Waals surface area contributed by atoms with E-state index in [4.69, 9.17) is 4.74 Å². The second kappa shape index (κ2) is 7.82. The molecule has 0 aliphatic carbocycles. The largest absolute Gasteiger partial charge is 0.504 e. The molecule has 2 fully saturated rings. The minimum Gasteiger partial charge on any atom is -0.504 e. The summed E-state index contributed by atoms with van der Waals surface area (Å²) in [4.78, 5) is 39.9. The van der Waals surface area contributed by atoms with E-state index in [9.17, 15) is 19.5 Å². The summed E-state index contributed by atoms with van der Waals surface area (Å²) in [5.41, 5.74) is 0.372. The first-order valence-corrected chi connectivity index (χ1v) is 9.22. The maximum Gasteiger partial charge on any atom is 0.294 e. The lowest BCUT2D eigenvalue weighted by molar-refractivity contribution is -0.136. The third-order valence-corrected chi connectivity index (χ3v) is 5.32. The van der Waals surface area contributed by atoms with Crippen LogP contribution in [-0.2, 0) is 9.59 Å². The number of rotatable bonds is 4. The van der Waals surface area contributed by atoms with Gasteiger partial charge in [-0.05, 0) is 43.2 Å². The Balaban J connectivity index is 1.75. The highest BCUT2D eigenvalue weighted by Crippen LogP contribution is 2.36. The van der Waals surface area contributed by atoms with Crippen molar-refractivity contribution in [2.75, 3.05) is 26.7 Å². The van der Waals surface area contributed by atoms with E-state index in [0.29, 0.717) is 18.7 Å². The third kappa shape index (κ3) is 3.70. The molecule has 26 heavy (non-hydrogen) atoms. The van der Waals surface area contributed by atoms with Gasteiger partial charge in [-0.2, -0.15) is 0 Å². The number of piperidine rings is 1. The Kier molecular flexibility index (Phi) is 5.51. The van der Waals surface area contributed by atoms with E-state index in [0.717, 1.165) is 35.9 Å². The molecule has 1 aromatic carbocycles. The fraction of sp³-hybridized carbons (Fsp3) is 0.389. The van der Waals surface area contributed by atoms with Crippen LogP contribution in [0.15, 0.2) is 23.1 Å². The van der Waals surface area contributed by atoms with E-state index >= 15 is 0 Å². The smallest absolute Gasteiger partial charge is 0.294 e. The van der Waals surface area contributed by atoms with Gasteiger partial charge in [-0.1, -0.05) is 12.1 Å². The van der Waals surface area contributed by atoms with E-state index in [1.165, 1.54) is 13.2 Å². The van der Waals surface area contributed by atoms with Gasteiger partial charge in [0.05, 0.1) is 12.0 Å². The van der Waals surface area contributed by atoms with Crippen LogP contribution in [0, 0.1) is 0 Å². The van der Waals surface area contributed by atoms with Crippen LogP contribution in [0.1, 0.15) is 24.8 Å². The summed E-state index contributed by atoms with van der Waals surface area (Å²) in [7, 11) is 1.43. The van der Waals surface area contributed by atoms with Crippen molar-refractivity contribution in [3.05, 3.63) is 28.7 Å². The standard InChI is InChI=1S/C18H20N2O5S/c1-25-13-7-5-6-12(16(13)22)10-14-17(23)20(18(24)26-14)11-15(21)19-8-3-2-4-9-19/h5-7,10,22H,2-4,8-9,11H2,1H3/b14-10-. The predicted octanol–water partition coefficient (Wildman–Crippen LogP) is 2.45. The number of phenols is 1. The Hall–Kier alpha value is -2.48. The number of likely N-dealkylation sites (tertiary alicyclic amines) is 1. The summed E-state index contributed by atoms with van der Waals surface area (Å²) in [5.74, 6) is -0.561. The Bertz CT molecular complexity index is 771. The summed E-state index contributed by atoms with van der Waals surface area (Å²) >= 11 is 0.763. The first-order chi connectivity index (χ1) is 12.5. The minimum atomic E-state index is -0.521. The van der Waals surface area contributed by atoms with E-state index in [1.807, 2.05) is 0 Å². The van der Waals surface area contributed by atoms with Gasteiger partial charge in [-0.15, -0.1) is 0 Å². The van der Waals surface area contributed by atoms with Crippen molar-refractivity contribution in [3.63, 3.8) is 0 Å². The Morgan fingerprint density at radius 1 is 1.27 bits per heavy atom. The van der Waals surface area contributed by atoms with Gasteiger partial charge in [0.15, 0.2) is 11.5 Å². The zero-order valence-corrected chi connectivity index (χ0v) is 15.3. The summed E-state index contributed by atoms with van der Waals surface area (Å²) in [6, 6.07) is 4.88. The van der Waals surface area contributed by atoms with Crippen molar-refractivity contribution in [1.29, 1.82) is 0 Å². The number of hydrogen-bond donors (Lipinski definition) is 1. The average molecular weight is 376 g/mol. The van der Waals surface area contributed by atoms with Crippen LogP contribution in [0.25, 0.3) is 6.08 Å². The van der Waals surface area contributed by atoms with Gasteiger partial charge in [0, 0.05) is 18.7 Å². The maximum atomic E-state index is 12.5. The number of aromatic hydroxyl groups is 1. The van der Waals surface area contributed by atoms with Crippen LogP contribution >= 0.6 is 11.8 Å². The van der Waals surface area contributed by atoms with E-state index in [-0.39, 0.29) is 28.9 Å². The molecule has 3 amide bonds. The molecular formula is C18H20N2O5S. The highest BCUT2D eigenvalue weighted by Gasteiger charge is 2.37. The number of nitrogens with zero attached hydrogens (tertiary/aromatic N) is 2. The van der Waals surface area contributed by atoms with Gasteiger partial charge >= 0.3 is 0 Å². The number of thioether (sulfide) groups is 1. The molecule has 0 radical (unpaired) electrons. The van der Waals surface area contributed by atoms with Gasteiger partial charge in [-0.25, -0.2) is 0 Å². The first-order valence-electron chi connectivity index (χ1n) is 8.40. The fourth-order valence-electron chi connectivity index (χ4n) is 2.98. The van der Waals surface area contributed by atoms with Crippen molar-refractivity contribution in [2.24, 2.45) is 0 Å². The van der Waals surface area contributed by atoms with Crippen LogP contribution in [0.4, 0.5) is 4.79 Å². The number of amides is 3. The number of carbonyl (C=O) groups is 3. The third-order valence-electron chi connectivity index (χ3n) is 4.41. The summed E-state index contributed by atoms with van der Waals surface area (Å²) in [6.07, 6.45) is 4.43. The molecule has 1 N–H and O–H groups in total. The van der Waals surface area contributed by atoms with E-state index < -0.39 is 11.1 Å². The number of para-hydroxylation sites is 1. The molecule has 0 saturated carbocycles. The van der Waals surface area contributed by atoms with E-state index in [2.05, 4.69) is 0 Å². The molecule has 3 rings (SSSR count). The molecule has 138 valence electrons. The van der Waals surface area contributed by atoms with Crippen molar-refractivity contribution < 1.29 is 24.2 Å². The maximum absolute atomic E-state index is 12.5. The minimum absolute atomic E-state index is 0.105. The second-order valence-corrected chi connectivity index (χ2v) is 7.10. The lowest BCUT2D eigenvalue weighted by Gasteiger charge is -2.27. The van der Waals surface area contributed by atoms with Crippen LogP contribution < -0.4 is 4.74 Å². The van der Waals surface area contributed by atoms with Gasteiger partial charge in [0.1, 0.15) is 6.54 Å². The number of ether oxygens (including phenoxy) is 1. The number of methoxy groups -OCH3 is 1. The summed E-state index contributed by atoms with van der Waals surface area (Å²) in [5, 5.41) is 9.66. The van der Waals surface area contributed by atoms with Crippen molar-refractivity contribution in [3.8, 4) is 11.5 Å². The number of imide groups is 1. The molecule has 2 saturated heterocycles. The molecule has 0 aromatic heterocycles. The number of hydrogen-bond acceptors (Lipinski definition) is 6. The molecule has 0 bridgehead atoms. The van der Waals surface area contributed by atoms with Gasteiger partial charge in [0.2, 0.25) is 5.91 Å². The molecular weight excluding hydrogens is 356 g/mol. The van der Waals surface area contributed by atoms with E-state index in [1.54, 1.807) is 23.1 Å². The molecule has 8 heteroatoms. The lowest BCUT2D eigenvalue weighted by Crippen LogP contribution is -2.44. The highest BCUT2D eigenvalue weighted by atomic mass is 32.2. The fourth-order valence-corrected chi connectivity index (χ4v) is 3.81. The molecule has 2 aliphatic heterocycles. The Morgan fingerprint density at radius 2 is 2.00 bits per heavy atom. The normalized spacial score (nSPS) is 19.3. The van der Waals surface area contributed by atoms with Gasteiger partial charge in [0.25, 0.3) is 11.1 Å². The lowest BCUT2D eigenvalue weighted by atomic mass is 10.1. The van der Waals surface area contributed by atoms with Gasteiger partial charge < -0.3 is 14.7 Å².